The highest BCUT2D eigenvalue weighted by Gasteiger charge is 2.38. The van der Waals surface area contributed by atoms with Gasteiger partial charge in [0.15, 0.2) is 0 Å². The predicted octanol–water partition coefficient (Wildman–Crippen LogP) is 3.13. The Kier molecular flexibility index (Phi) is 6.21. The number of amides is 2. The molecule has 1 N–H and O–H groups in total. The summed E-state index contributed by atoms with van der Waals surface area (Å²) in [6.07, 6.45) is 0. The van der Waals surface area contributed by atoms with E-state index in [0.29, 0.717) is 12.3 Å². The molecule has 0 aliphatic carbocycles. The van der Waals surface area contributed by atoms with Gasteiger partial charge in [-0.25, -0.2) is 9.79 Å². The number of thioether (sulfide) groups is 1. The fourth-order valence-electron chi connectivity index (χ4n) is 2.65. The van der Waals surface area contributed by atoms with Crippen LogP contribution in [0.3, 0.4) is 0 Å². The van der Waals surface area contributed by atoms with Gasteiger partial charge in [0.05, 0.1) is 6.04 Å². The van der Waals surface area contributed by atoms with Gasteiger partial charge in [-0.05, 0) is 30.7 Å². The van der Waals surface area contributed by atoms with Crippen LogP contribution in [0.2, 0.25) is 0 Å². The lowest BCUT2D eigenvalue weighted by molar-refractivity contribution is -0.146. The fourth-order valence-corrected chi connectivity index (χ4v) is 3.14. The monoisotopic (exact) mass is 334 g/mol. The van der Waals surface area contributed by atoms with Crippen LogP contribution in [0.25, 0.3) is 0 Å². The van der Waals surface area contributed by atoms with Crippen molar-refractivity contribution in [1.82, 2.24) is 5.32 Å². The van der Waals surface area contributed by atoms with E-state index >= 15 is 0 Å². The molecule has 1 heterocycles. The smallest absolute Gasteiger partial charge is 0.341 e. The molecule has 0 radical (unpaired) electrons. The molecule has 1 aromatic rings. The number of carbonyl (C=O) groups excluding carboxylic acids is 2. The molecule has 1 aliphatic heterocycles. The number of rotatable bonds is 6. The van der Waals surface area contributed by atoms with E-state index in [9.17, 15) is 9.59 Å². The van der Waals surface area contributed by atoms with Gasteiger partial charge in [0, 0.05) is 11.5 Å². The summed E-state index contributed by atoms with van der Waals surface area (Å²) in [6, 6.07) is 6.86. The summed E-state index contributed by atoms with van der Waals surface area (Å²) in [5.41, 5.74) is 2.43. The van der Waals surface area contributed by atoms with Crippen molar-refractivity contribution in [2.24, 2.45) is 10.9 Å². The second kappa shape index (κ2) is 8.15. The van der Waals surface area contributed by atoms with Gasteiger partial charge in [0.1, 0.15) is 12.5 Å². The Morgan fingerprint density at radius 1 is 1.35 bits per heavy atom. The van der Waals surface area contributed by atoms with E-state index in [1.165, 1.54) is 0 Å². The Bertz CT molecular complexity index is 616. The second-order valence-corrected chi connectivity index (χ2v) is 6.77. The van der Waals surface area contributed by atoms with Gasteiger partial charge in [-0.2, -0.15) is 11.8 Å². The first-order valence-corrected chi connectivity index (χ1v) is 8.85. The SMILES string of the molecule is CCSCCOC(=O)C1C(C)=NC(=O)NC1c1ccccc1C. The van der Waals surface area contributed by atoms with Crippen molar-refractivity contribution in [1.29, 1.82) is 0 Å². The Hall–Kier alpha value is -1.82. The molecular formula is C17H22N2O3S. The Labute approximate surface area is 140 Å². The average Bonchev–Trinajstić information content (AvgIpc) is 2.51. The Balaban J connectivity index is 2.21. The number of ether oxygens (including phenoxy) is 1. The highest BCUT2D eigenvalue weighted by atomic mass is 32.2. The number of hydrogen-bond donors (Lipinski definition) is 1. The standard InChI is InChI=1S/C17H22N2O3S/c1-4-23-10-9-22-16(20)14-12(3)18-17(21)19-15(14)13-8-6-5-7-11(13)2/h5-8,14-15H,4,9-10H2,1-3H3,(H,19,21). The van der Waals surface area contributed by atoms with Gasteiger partial charge in [-0.15, -0.1) is 0 Å². The number of benzene rings is 1. The molecule has 0 fully saturated rings. The van der Waals surface area contributed by atoms with Crippen molar-refractivity contribution in [2.75, 3.05) is 18.1 Å². The van der Waals surface area contributed by atoms with E-state index in [-0.39, 0.29) is 5.97 Å². The highest BCUT2D eigenvalue weighted by Crippen LogP contribution is 2.30. The third kappa shape index (κ3) is 4.34. The van der Waals surface area contributed by atoms with Gasteiger partial charge in [-0.1, -0.05) is 31.2 Å². The third-order valence-corrected chi connectivity index (χ3v) is 4.66. The van der Waals surface area contributed by atoms with Crippen molar-refractivity contribution in [2.45, 2.75) is 26.8 Å². The zero-order valence-corrected chi connectivity index (χ0v) is 14.5. The summed E-state index contributed by atoms with van der Waals surface area (Å²) in [7, 11) is 0. The van der Waals surface area contributed by atoms with Crippen molar-refractivity contribution < 1.29 is 14.3 Å². The molecule has 2 unspecified atom stereocenters. The third-order valence-electron chi connectivity index (χ3n) is 3.79. The normalized spacial score (nSPS) is 20.7. The largest absolute Gasteiger partial charge is 0.464 e. The Morgan fingerprint density at radius 2 is 2.09 bits per heavy atom. The average molecular weight is 334 g/mol. The van der Waals surface area contributed by atoms with Gasteiger partial charge >= 0.3 is 12.0 Å². The maximum atomic E-state index is 12.5. The minimum Gasteiger partial charge on any atom is -0.464 e. The molecule has 0 bridgehead atoms. The van der Waals surface area contributed by atoms with Crippen LogP contribution in [-0.2, 0) is 9.53 Å². The molecule has 6 heteroatoms. The first-order valence-electron chi connectivity index (χ1n) is 7.70. The van der Waals surface area contributed by atoms with Crippen molar-refractivity contribution in [3.63, 3.8) is 0 Å². The van der Waals surface area contributed by atoms with Crippen LogP contribution in [0, 0.1) is 12.8 Å². The van der Waals surface area contributed by atoms with Crippen molar-refractivity contribution in [3.8, 4) is 0 Å². The highest BCUT2D eigenvalue weighted by molar-refractivity contribution is 7.99. The second-order valence-electron chi connectivity index (χ2n) is 5.38. The van der Waals surface area contributed by atoms with Crippen LogP contribution in [-0.4, -0.2) is 35.8 Å². The van der Waals surface area contributed by atoms with Crippen LogP contribution in [0.15, 0.2) is 29.3 Å². The number of nitrogens with one attached hydrogen (secondary N) is 1. The number of nitrogens with zero attached hydrogens (tertiary/aromatic N) is 1. The minimum absolute atomic E-state index is 0.337. The molecule has 5 nitrogen and oxygen atoms in total. The lowest BCUT2D eigenvalue weighted by Gasteiger charge is -2.30. The number of carbonyl (C=O) groups is 2. The molecule has 0 saturated carbocycles. The molecule has 0 aromatic heterocycles. The molecule has 1 aromatic carbocycles. The summed E-state index contributed by atoms with van der Waals surface area (Å²) in [4.78, 5) is 28.2. The Morgan fingerprint density at radius 3 is 2.78 bits per heavy atom. The molecule has 2 rings (SSSR count). The number of aryl methyl sites for hydroxylation is 1. The van der Waals surface area contributed by atoms with E-state index in [4.69, 9.17) is 4.74 Å². The number of urea groups is 1. The zero-order chi connectivity index (χ0) is 16.8. The van der Waals surface area contributed by atoms with E-state index in [1.54, 1.807) is 18.7 Å². The minimum atomic E-state index is -0.583. The molecule has 0 saturated heterocycles. The molecule has 2 amide bonds. The van der Waals surface area contributed by atoms with E-state index in [2.05, 4.69) is 17.2 Å². The summed E-state index contributed by atoms with van der Waals surface area (Å²) >= 11 is 1.72. The van der Waals surface area contributed by atoms with Crippen LogP contribution >= 0.6 is 11.8 Å². The topological polar surface area (TPSA) is 67.8 Å². The fraction of sp³-hybridized carbons (Fsp3) is 0.471. The molecule has 0 spiro atoms. The quantitative estimate of drug-likeness (QED) is 0.641. The van der Waals surface area contributed by atoms with Crippen molar-refractivity contribution in [3.05, 3.63) is 35.4 Å². The van der Waals surface area contributed by atoms with E-state index in [0.717, 1.165) is 22.6 Å². The first-order chi connectivity index (χ1) is 11.0. The zero-order valence-electron chi connectivity index (χ0n) is 13.7. The number of aliphatic imine (C=N–C) groups is 1. The van der Waals surface area contributed by atoms with Crippen LogP contribution in [0.5, 0.6) is 0 Å². The van der Waals surface area contributed by atoms with Crippen LogP contribution < -0.4 is 5.32 Å². The summed E-state index contributed by atoms with van der Waals surface area (Å²) < 4.78 is 5.39. The predicted molar refractivity (Wildman–Crippen MR) is 93.0 cm³/mol. The van der Waals surface area contributed by atoms with Gasteiger partial charge in [0.2, 0.25) is 0 Å². The molecule has 2 atom stereocenters. The summed E-state index contributed by atoms with van der Waals surface area (Å²) in [5, 5.41) is 2.80. The molecule has 124 valence electrons. The number of hydrogen-bond acceptors (Lipinski definition) is 4. The molecular weight excluding hydrogens is 312 g/mol. The van der Waals surface area contributed by atoms with Gasteiger partial charge in [-0.3, -0.25) is 4.79 Å². The maximum Gasteiger partial charge on any atom is 0.341 e. The molecule has 23 heavy (non-hydrogen) atoms. The van der Waals surface area contributed by atoms with Gasteiger partial charge < -0.3 is 10.1 Å². The van der Waals surface area contributed by atoms with Crippen LogP contribution in [0.1, 0.15) is 31.0 Å². The first kappa shape index (κ1) is 17.5. The lowest BCUT2D eigenvalue weighted by Crippen LogP contribution is -2.44. The summed E-state index contributed by atoms with van der Waals surface area (Å²) in [6.45, 7) is 6.10. The van der Waals surface area contributed by atoms with Gasteiger partial charge in [0.25, 0.3) is 0 Å². The molecule has 1 aliphatic rings. The number of esters is 1. The van der Waals surface area contributed by atoms with E-state index in [1.807, 2.05) is 31.2 Å². The van der Waals surface area contributed by atoms with E-state index < -0.39 is 18.0 Å². The van der Waals surface area contributed by atoms with Crippen LogP contribution in [0.4, 0.5) is 4.79 Å². The summed E-state index contributed by atoms with van der Waals surface area (Å²) in [5.74, 6) is 0.840. The maximum absolute atomic E-state index is 12.5. The lowest BCUT2D eigenvalue weighted by atomic mass is 9.86. The van der Waals surface area contributed by atoms with Crippen molar-refractivity contribution >= 4 is 29.5 Å².